The van der Waals surface area contributed by atoms with E-state index < -0.39 is 17.9 Å². The molecule has 0 aromatic heterocycles. The van der Waals surface area contributed by atoms with Crippen molar-refractivity contribution in [1.29, 1.82) is 0 Å². The highest BCUT2D eigenvalue weighted by atomic mass is 16.6. The SMILES string of the molecule is CCCCOC(=O)C(C(=O)OCCCC)C1CC(C)(C)N(C)C(C)(C)C1. The standard InChI is InChI=1S/C21H39NO4/c1-8-10-12-25-18(23)17(19(24)26-13-11-9-2)16-14-20(3,4)22(7)21(5,6)15-16/h16-17H,8-15H2,1-7H3. The molecule has 0 spiro atoms. The van der Waals surface area contributed by atoms with Gasteiger partial charge in [-0.3, -0.25) is 14.5 Å². The summed E-state index contributed by atoms with van der Waals surface area (Å²) in [5.74, 6) is -1.72. The molecule has 1 fully saturated rings. The Morgan fingerprint density at radius 1 is 0.923 bits per heavy atom. The maximum Gasteiger partial charge on any atom is 0.320 e. The van der Waals surface area contributed by atoms with E-state index in [2.05, 4.69) is 39.6 Å². The molecule has 5 heteroatoms. The van der Waals surface area contributed by atoms with Gasteiger partial charge in [0.05, 0.1) is 13.2 Å². The summed E-state index contributed by atoms with van der Waals surface area (Å²) in [5, 5.41) is 0. The van der Waals surface area contributed by atoms with Crippen LogP contribution in [-0.4, -0.2) is 48.2 Å². The number of carbonyl (C=O) groups excluding carboxylic acids is 2. The van der Waals surface area contributed by atoms with Crippen LogP contribution in [0.5, 0.6) is 0 Å². The molecule has 1 saturated heterocycles. The molecule has 0 bridgehead atoms. The molecule has 1 aliphatic heterocycles. The van der Waals surface area contributed by atoms with Crippen LogP contribution in [0, 0.1) is 11.8 Å². The van der Waals surface area contributed by atoms with Gasteiger partial charge in [0.1, 0.15) is 0 Å². The number of unbranched alkanes of at least 4 members (excludes halogenated alkanes) is 2. The Morgan fingerprint density at radius 3 is 1.65 bits per heavy atom. The molecule has 0 amide bonds. The first-order valence-electron chi connectivity index (χ1n) is 10.1. The van der Waals surface area contributed by atoms with Gasteiger partial charge in [0.15, 0.2) is 5.92 Å². The Balaban J connectivity index is 2.98. The van der Waals surface area contributed by atoms with Crippen molar-refractivity contribution in [3.63, 3.8) is 0 Å². The van der Waals surface area contributed by atoms with Crippen LogP contribution >= 0.6 is 0 Å². The van der Waals surface area contributed by atoms with Crippen LogP contribution in [0.1, 0.15) is 80.1 Å². The van der Waals surface area contributed by atoms with Crippen molar-refractivity contribution in [1.82, 2.24) is 4.90 Å². The van der Waals surface area contributed by atoms with Crippen molar-refractivity contribution < 1.29 is 19.1 Å². The van der Waals surface area contributed by atoms with E-state index in [0.29, 0.717) is 13.2 Å². The Hall–Kier alpha value is -1.10. The Kier molecular flexibility index (Phi) is 8.58. The molecule has 0 aromatic carbocycles. The van der Waals surface area contributed by atoms with E-state index in [-0.39, 0.29) is 17.0 Å². The number of hydrogen-bond donors (Lipinski definition) is 0. The number of esters is 2. The van der Waals surface area contributed by atoms with Crippen molar-refractivity contribution in [2.75, 3.05) is 20.3 Å². The number of piperidine rings is 1. The van der Waals surface area contributed by atoms with Gasteiger partial charge in [-0.15, -0.1) is 0 Å². The van der Waals surface area contributed by atoms with E-state index in [1.54, 1.807) is 0 Å². The molecule has 1 heterocycles. The average Bonchev–Trinajstić information content (AvgIpc) is 2.53. The summed E-state index contributed by atoms with van der Waals surface area (Å²) in [6.45, 7) is 13.5. The van der Waals surface area contributed by atoms with Gasteiger partial charge in [-0.25, -0.2) is 0 Å². The maximum absolute atomic E-state index is 12.8. The van der Waals surface area contributed by atoms with Gasteiger partial charge in [0.2, 0.25) is 0 Å². The highest BCUT2D eigenvalue weighted by molar-refractivity contribution is 5.95. The third-order valence-electron chi connectivity index (χ3n) is 5.80. The van der Waals surface area contributed by atoms with Gasteiger partial charge in [0.25, 0.3) is 0 Å². The Labute approximate surface area is 159 Å². The zero-order valence-corrected chi connectivity index (χ0v) is 17.9. The minimum Gasteiger partial charge on any atom is -0.465 e. The average molecular weight is 370 g/mol. The van der Waals surface area contributed by atoms with Gasteiger partial charge in [0, 0.05) is 11.1 Å². The van der Waals surface area contributed by atoms with E-state index in [4.69, 9.17) is 9.47 Å². The van der Waals surface area contributed by atoms with E-state index in [1.807, 2.05) is 13.8 Å². The molecule has 0 aliphatic carbocycles. The molecule has 0 saturated carbocycles. The summed E-state index contributed by atoms with van der Waals surface area (Å²) >= 11 is 0. The van der Waals surface area contributed by atoms with Crippen LogP contribution < -0.4 is 0 Å². The summed E-state index contributed by atoms with van der Waals surface area (Å²) in [6, 6.07) is 0. The van der Waals surface area contributed by atoms with Crippen molar-refractivity contribution in [3.8, 4) is 0 Å². The first kappa shape index (κ1) is 22.9. The quantitative estimate of drug-likeness (QED) is 0.346. The van der Waals surface area contributed by atoms with Crippen LogP contribution in [0.2, 0.25) is 0 Å². The fourth-order valence-corrected chi connectivity index (χ4v) is 3.98. The number of likely N-dealkylation sites (tertiary alicyclic amines) is 1. The topological polar surface area (TPSA) is 55.8 Å². The van der Waals surface area contributed by atoms with Gasteiger partial charge in [-0.05, 0) is 66.3 Å². The monoisotopic (exact) mass is 369 g/mol. The number of carbonyl (C=O) groups is 2. The highest BCUT2D eigenvalue weighted by Gasteiger charge is 2.49. The molecule has 0 aromatic rings. The second-order valence-electron chi connectivity index (χ2n) is 8.87. The molecule has 152 valence electrons. The predicted octanol–water partition coefficient (Wildman–Crippen LogP) is 4.19. The smallest absolute Gasteiger partial charge is 0.320 e. The van der Waals surface area contributed by atoms with Crippen LogP contribution in [0.25, 0.3) is 0 Å². The molecule has 0 unspecified atom stereocenters. The van der Waals surface area contributed by atoms with Gasteiger partial charge in [-0.2, -0.15) is 0 Å². The molecule has 1 rings (SSSR count). The lowest BCUT2D eigenvalue weighted by molar-refractivity contribution is -0.168. The number of nitrogens with zero attached hydrogens (tertiary/aromatic N) is 1. The lowest BCUT2D eigenvalue weighted by atomic mass is 9.69. The van der Waals surface area contributed by atoms with Gasteiger partial charge in [-0.1, -0.05) is 26.7 Å². The molecule has 5 nitrogen and oxygen atoms in total. The van der Waals surface area contributed by atoms with E-state index in [9.17, 15) is 9.59 Å². The normalized spacial score (nSPS) is 20.2. The third-order valence-corrected chi connectivity index (χ3v) is 5.80. The van der Waals surface area contributed by atoms with Crippen molar-refractivity contribution >= 4 is 11.9 Å². The van der Waals surface area contributed by atoms with Crippen LogP contribution in [-0.2, 0) is 19.1 Å². The Bertz CT molecular complexity index is 433. The second-order valence-corrected chi connectivity index (χ2v) is 8.87. The zero-order chi connectivity index (χ0) is 20.0. The fraction of sp³-hybridized carbons (Fsp3) is 0.905. The summed E-state index contributed by atoms with van der Waals surface area (Å²) in [7, 11) is 2.12. The molecule has 26 heavy (non-hydrogen) atoms. The molecular weight excluding hydrogens is 330 g/mol. The largest absolute Gasteiger partial charge is 0.465 e. The Morgan fingerprint density at radius 2 is 1.31 bits per heavy atom. The fourth-order valence-electron chi connectivity index (χ4n) is 3.98. The van der Waals surface area contributed by atoms with Crippen molar-refractivity contribution in [2.24, 2.45) is 11.8 Å². The van der Waals surface area contributed by atoms with E-state index in [0.717, 1.165) is 38.5 Å². The zero-order valence-electron chi connectivity index (χ0n) is 17.9. The molecule has 0 radical (unpaired) electrons. The number of ether oxygens (including phenoxy) is 2. The van der Waals surface area contributed by atoms with Crippen LogP contribution in [0.3, 0.4) is 0 Å². The highest BCUT2D eigenvalue weighted by Crippen LogP contribution is 2.43. The molecule has 0 atom stereocenters. The minimum absolute atomic E-state index is 0.0700. The summed E-state index contributed by atoms with van der Waals surface area (Å²) in [4.78, 5) is 27.9. The van der Waals surface area contributed by atoms with E-state index >= 15 is 0 Å². The lowest BCUT2D eigenvalue weighted by Gasteiger charge is -2.54. The van der Waals surface area contributed by atoms with Gasteiger partial charge >= 0.3 is 11.9 Å². The summed E-state index contributed by atoms with van der Waals surface area (Å²) in [5.41, 5.74) is -0.198. The second kappa shape index (κ2) is 9.72. The van der Waals surface area contributed by atoms with Gasteiger partial charge < -0.3 is 9.47 Å². The number of rotatable bonds is 9. The van der Waals surface area contributed by atoms with E-state index in [1.165, 1.54) is 0 Å². The lowest BCUT2D eigenvalue weighted by Crippen LogP contribution is -2.60. The summed E-state index contributed by atoms with van der Waals surface area (Å²) < 4.78 is 10.9. The first-order chi connectivity index (χ1) is 12.1. The van der Waals surface area contributed by atoms with Crippen molar-refractivity contribution in [3.05, 3.63) is 0 Å². The first-order valence-corrected chi connectivity index (χ1v) is 10.1. The summed E-state index contributed by atoms with van der Waals surface area (Å²) in [6.07, 6.45) is 5.06. The predicted molar refractivity (Wildman–Crippen MR) is 104 cm³/mol. The molecular formula is C21H39NO4. The molecule has 0 N–H and O–H groups in total. The van der Waals surface area contributed by atoms with Crippen LogP contribution in [0.15, 0.2) is 0 Å². The maximum atomic E-state index is 12.8. The minimum atomic E-state index is -0.823. The third kappa shape index (κ3) is 5.97. The number of hydrogen-bond acceptors (Lipinski definition) is 5. The van der Waals surface area contributed by atoms with Crippen LogP contribution in [0.4, 0.5) is 0 Å². The van der Waals surface area contributed by atoms with Crippen molar-refractivity contribution in [2.45, 2.75) is 91.1 Å². The molecule has 1 aliphatic rings.